The SMILES string of the molecule is CC[C@]1(C(=O)N(C)c2ccc(OC(C)C)cc2)CC[C@](O)(CN2C(=O)CCC2(C)C)CC1. The van der Waals surface area contributed by atoms with Crippen LogP contribution in [0.2, 0.25) is 0 Å². The van der Waals surface area contributed by atoms with Crippen LogP contribution in [0.3, 0.4) is 0 Å². The van der Waals surface area contributed by atoms with Crippen LogP contribution < -0.4 is 9.64 Å². The molecule has 1 aliphatic carbocycles. The van der Waals surface area contributed by atoms with Gasteiger partial charge < -0.3 is 19.6 Å². The molecule has 178 valence electrons. The third-order valence-electron chi connectivity index (χ3n) is 7.60. The Morgan fingerprint density at radius 2 is 1.72 bits per heavy atom. The number of carbonyl (C=O) groups excluding carboxylic acids is 2. The smallest absolute Gasteiger partial charge is 0.232 e. The summed E-state index contributed by atoms with van der Waals surface area (Å²) < 4.78 is 5.71. The second-order valence-corrected chi connectivity index (χ2v) is 10.7. The minimum atomic E-state index is -0.926. The average molecular weight is 445 g/mol. The van der Waals surface area contributed by atoms with E-state index in [-0.39, 0.29) is 23.5 Å². The van der Waals surface area contributed by atoms with Crippen molar-refractivity contribution in [2.45, 2.75) is 96.8 Å². The molecule has 1 aromatic rings. The van der Waals surface area contributed by atoms with Crippen LogP contribution in [0.4, 0.5) is 5.69 Å². The molecule has 0 aromatic heterocycles. The Bertz CT molecular complexity index is 823. The van der Waals surface area contributed by atoms with Crippen LogP contribution in [0.25, 0.3) is 0 Å². The summed E-state index contributed by atoms with van der Waals surface area (Å²) in [6, 6.07) is 7.62. The Kier molecular flexibility index (Phi) is 6.94. The molecule has 2 aliphatic rings. The fourth-order valence-electron chi connectivity index (χ4n) is 5.18. The molecule has 1 heterocycles. The number of aliphatic hydroxyl groups is 1. The van der Waals surface area contributed by atoms with Crippen LogP contribution in [-0.2, 0) is 9.59 Å². The summed E-state index contributed by atoms with van der Waals surface area (Å²) >= 11 is 0. The standard InChI is InChI=1S/C26H40N2O4/c1-7-25(23(30)27(6)20-8-10-21(11-9-20)32-19(2)3)14-16-26(31,17-15-25)18-28-22(29)12-13-24(28,4)5/h8-11,19,31H,7,12-18H2,1-6H3/t25-,26+. The molecule has 1 aromatic carbocycles. The highest BCUT2D eigenvalue weighted by atomic mass is 16.5. The second kappa shape index (κ2) is 9.05. The number of hydrogen-bond acceptors (Lipinski definition) is 4. The predicted octanol–water partition coefficient (Wildman–Crippen LogP) is 4.54. The van der Waals surface area contributed by atoms with Gasteiger partial charge in [-0.05, 0) is 90.5 Å². The maximum absolute atomic E-state index is 13.6. The third kappa shape index (κ3) is 4.95. The van der Waals surface area contributed by atoms with E-state index in [1.165, 1.54) is 0 Å². The Morgan fingerprint density at radius 3 is 2.19 bits per heavy atom. The summed E-state index contributed by atoms with van der Waals surface area (Å²) in [5.74, 6) is 1.01. The van der Waals surface area contributed by atoms with Gasteiger partial charge in [0.2, 0.25) is 11.8 Å². The van der Waals surface area contributed by atoms with Gasteiger partial charge in [0.15, 0.2) is 0 Å². The molecular weight excluding hydrogens is 404 g/mol. The lowest BCUT2D eigenvalue weighted by atomic mass is 9.66. The van der Waals surface area contributed by atoms with Crippen LogP contribution in [-0.4, -0.2) is 52.7 Å². The quantitative estimate of drug-likeness (QED) is 0.670. The van der Waals surface area contributed by atoms with Gasteiger partial charge in [0.05, 0.1) is 11.7 Å². The molecule has 6 heteroatoms. The molecule has 32 heavy (non-hydrogen) atoms. The molecule has 1 saturated carbocycles. The number of nitrogens with zero attached hydrogens (tertiary/aromatic N) is 2. The van der Waals surface area contributed by atoms with E-state index in [0.29, 0.717) is 38.6 Å². The van der Waals surface area contributed by atoms with Crippen LogP contribution >= 0.6 is 0 Å². The fraction of sp³-hybridized carbons (Fsp3) is 0.692. The van der Waals surface area contributed by atoms with Gasteiger partial charge in [-0.1, -0.05) is 6.92 Å². The van der Waals surface area contributed by atoms with Crippen molar-refractivity contribution in [3.8, 4) is 5.75 Å². The van der Waals surface area contributed by atoms with Crippen molar-refractivity contribution in [2.24, 2.45) is 5.41 Å². The number of benzene rings is 1. The largest absolute Gasteiger partial charge is 0.491 e. The van der Waals surface area contributed by atoms with E-state index in [0.717, 1.165) is 24.3 Å². The summed E-state index contributed by atoms with van der Waals surface area (Å²) in [4.78, 5) is 29.5. The first-order valence-corrected chi connectivity index (χ1v) is 12.0. The molecule has 0 radical (unpaired) electrons. The van der Waals surface area contributed by atoms with Gasteiger partial charge in [-0.3, -0.25) is 9.59 Å². The maximum atomic E-state index is 13.6. The van der Waals surface area contributed by atoms with Crippen molar-refractivity contribution >= 4 is 17.5 Å². The van der Waals surface area contributed by atoms with E-state index in [4.69, 9.17) is 4.74 Å². The molecule has 1 aliphatic heterocycles. The Labute approximate surface area is 192 Å². The first kappa shape index (κ1) is 24.6. The number of carbonyl (C=O) groups is 2. The highest BCUT2D eigenvalue weighted by molar-refractivity contribution is 5.97. The molecule has 0 unspecified atom stereocenters. The number of amides is 2. The number of ether oxygens (including phenoxy) is 1. The van der Waals surface area contributed by atoms with Gasteiger partial charge in [0, 0.05) is 36.7 Å². The molecule has 0 atom stereocenters. The Hall–Kier alpha value is -2.08. The molecule has 0 bridgehead atoms. The molecule has 6 nitrogen and oxygen atoms in total. The van der Waals surface area contributed by atoms with E-state index >= 15 is 0 Å². The number of rotatable bonds is 7. The third-order valence-corrected chi connectivity index (χ3v) is 7.60. The zero-order chi connectivity index (χ0) is 23.7. The van der Waals surface area contributed by atoms with E-state index in [1.54, 1.807) is 4.90 Å². The molecule has 2 fully saturated rings. The lowest BCUT2D eigenvalue weighted by Gasteiger charge is -2.46. The van der Waals surface area contributed by atoms with Crippen LogP contribution in [0.1, 0.15) is 79.6 Å². The van der Waals surface area contributed by atoms with Gasteiger partial charge in [-0.25, -0.2) is 0 Å². The van der Waals surface area contributed by atoms with E-state index in [1.807, 2.05) is 50.1 Å². The van der Waals surface area contributed by atoms with Gasteiger partial charge >= 0.3 is 0 Å². The lowest BCUT2D eigenvalue weighted by molar-refractivity contribution is -0.142. The highest BCUT2D eigenvalue weighted by Crippen LogP contribution is 2.46. The minimum Gasteiger partial charge on any atom is -0.491 e. The molecule has 0 spiro atoms. The fourth-order valence-corrected chi connectivity index (χ4v) is 5.18. The number of β-amino-alcohol motifs (C(OH)–C–C–N with tert-alkyl or cyclic N) is 1. The lowest BCUT2D eigenvalue weighted by Crippen LogP contribution is -2.54. The van der Waals surface area contributed by atoms with E-state index in [2.05, 4.69) is 20.8 Å². The van der Waals surface area contributed by atoms with Crippen molar-refractivity contribution in [2.75, 3.05) is 18.5 Å². The molecule has 1 N–H and O–H groups in total. The summed E-state index contributed by atoms with van der Waals surface area (Å²) in [6.07, 6.45) is 4.51. The van der Waals surface area contributed by atoms with Gasteiger partial charge in [-0.15, -0.1) is 0 Å². The number of likely N-dealkylation sites (tertiary alicyclic amines) is 1. The molecule has 1 saturated heterocycles. The van der Waals surface area contributed by atoms with Crippen molar-refractivity contribution < 1.29 is 19.4 Å². The highest BCUT2D eigenvalue weighted by Gasteiger charge is 2.49. The number of anilines is 1. The van der Waals surface area contributed by atoms with Crippen molar-refractivity contribution in [3.63, 3.8) is 0 Å². The monoisotopic (exact) mass is 444 g/mol. The minimum absolute atomic E-state index is 0.0946. The van der Waals surface area contributed by atoms with E-state index in [9.17, 15) is 14.7 Å². The Balaban J connectivity index is 1.68. The van der Waals surface area contributed by atoms with Crippen LogP contribution in [0.5, 0.6) is 5.75 Å². The first-order valence-electron chi connectivity index (χ1n) is 12.0. The van der Waals surface area contributed by atoms with Crippen LogP contribution in [0.15, 0.2) is 24.3 Å². The maximum Gasteiger partial charge on any atom is 0.232 e. The summed E-state index contributed by atoms with van der Waals surface area (Å²) in [7, 11) is 1.82. The summed E-state index contributed by atoms with van der Waals surface area (Å²) in [5, 5.41) is 11.3. The van der Waals surface area contributed by atoms with Gasteiger partial charge in [0.1, 0.15) is 5.75 Å². The molecular formula is C26H40N2O4. The normalized spacial score (nSPS) is 27.6. The van der Waals surface area contributed by atoms with Gasteiger partial charge in [-0.2, -0.15) is 0 Å². The molecule has 3 rings (SSSR count). The zero-order valence-corrected chi connectivity index (χ0v) is 20.6. The predicted molar refractivity (Wildman–Crippen MR) is 127 cm³/mol. The summed E-state index contributed by atoms with van der Waals surface area (Å²) in [6.45, 7) is 10.5. The molecule has 2 amide bonds. The van der Waals surface area contributed by atoms with Crippen molar-refractivity contribution in [1.82, 2.24) is 4.90 Å². The first-order chi connectivity index (χ1) is 14.9. The van der Waals surface area contributed by atoms with Crippen LogP contribution in [0, 0.1) is 5.41 Å². The average Bonchev–Trinajstić information content (AvgIpc) is 3.00. The van der Waals surface area contributed by atoms with Crippen molar-refractivity contribution in [3.05, 3.63) is 24.3 Å². The second-order valence-electron chi connectivity index (χ2n) is 10.7. The van der Waals surface area contributed by atoms with E-state index < -0.39 is 11.0 Å². The topological polar surface area (TPSA) is 70.1 Å². The van der Waals surface area contributed by atoms with Crippen molar-refractivity contribution in [1.29, 1.82) is 0 Å². The zero-order valence-electron chi connectivity index (χ0n) is 20.6. The summed E-state index contributed by atoms with van der Waals surface area (Å²) in [5.41, 5.74) is -0.791. The van der Waals surface area contributed by atoms with Gasteiger partial charge in [0.25, 0.3) is 0 Å². The Morgan fingerprint density at radius 1 is 1.12 bits per heavy atom. The number of hydrogen-bond donors (Lipinski definition) is 1.